The number of fused-ring (bicyclic) bond motifs is 4. The highest BCUT2D eigenvalue weighted by molar-refractivity contribution is 6.05. The van der Waals surface area contributed by atoms with Gasteiger partial charge in [-0.2, -0.15) is 13.2 Å². The van der Waals surface area contributed by atoms with Gasteiger partial charge in [0, 0.05) is 29.9 Å². The van der Waals surface area contributed by atoms with Crippen LogP contribution in [0, 0.1) is 0 Å². The van der Waals surface area contributed by atoms with E-state index in [1.54, 1.807) is 23.2 Å². The summed E-state index contributed by atoms with van der Waals surface area (Å²) in [7, 11) is 0. The number of nitrogens with one attached hydrogen (secondary N) is 1. The van der Waals surface area contributed by atoms with Crippen LogP contribution in [0.15, 0.2) is 71.6 Å². The average Bonchev–Trinajstić information content (AvgIpc) is 3.63. The number of amides is 2. The summed E-state index contributed by atoms with van der Waals surface area (Å²) in [5.74, 6) is 1.02. The Morgan fingerprint density at radius 1 is 1.15 bits per heavy atom. The van der Waals surface area contributed by atoms with E-state index in [1.165, 1.54) is 12.5 Å². The van der Waals surface area contributed by atoms with Crippen molar-refractivity contribution in [2.75, 3.05) is 34.8 Å². The first kappa shape index (κ1) is 25.9. The molecule has 2 bridgehead atoms. The second-order valence-electron chi connectivity index (χ2n) is 9.94. The zero-order chi connectivity index (χ0) is 27.9. The molecule has 8 nitrogen and oxygen atoms in total. The lowest BCUT2D eigenvalue weighted by Gasteiger charge is -2.36. The molecule has 2 aliphatic heterocycles. The molecule has 0 spiro atoms. The molecule has 0 unspecified atom stereocenters. The Morgan fingerprint density at radius 3 is 2.80 bits per heavy atom. The first-order valence-corrected chi connectivity index (χ1v) is 13.1. The maximum atomic E-state index is 13.8. The fourth-order valence-electron chi connectivity index (χ4n) is 5.41. The summed E-state index contributed by atoms with van der Waals surface area (Å²) in [6.45, 7) is 1.97. The summed E-state index contributed by atoms with van der Waals surface area (Å²) in [4.78, 5) is 26.3. The number of alkyl halides is 3. The van der Waals surface area contributed by atoms with Crippen molar-refractivity contribution in [2.45, 2.75) is 31.5 Å². The number of halogens is 3. The van der Waals surface area contributed by atoms with Crippen molar-refractivity contribution < 1.29 is 22.4 Å². The van der Waals surface area contributed by atoms with Gasteiger partial charge in [0.2, 0.25) is 0 Å². The van der Waals surface area contributed by atoms with Gasteiger partial charge in [-0.15, -0.1) is 0 Å². The topological polar surface area (TPSA) is 101 Å². The Bertz CT molecular complexity index is 1540. The molecule has 4 heterocycles. The highest BCUT2D eigenvalue weighted by Crippen LogP contribution is 2.41. The molecule has 4 aromatic rings. The molecule has 40 heavy (non-hydrogen) atoms. The maximum Gasteiger partial charge on any atom is 0.416 e. The Hall–Kier alpha value is -4.38. The SMILES string of the molecule is NCCCc1ccc(NC(=O)N2c3nc(-c4cccc(C(F)(F)F)c4)ccc3N3CC[C@H]2C3)cc1-c1cnco1. The van der Waals surface area contributed by atoms with Crippen molar-refractivity contribution >= 4 is 23.2 Å². The lowest BCUT2D eigenvalue weighted by atomic mass is 10.0. The number of hydrogen-bond acceptors (Lipinski definition) is 6. The van der Waals surface area contributed by atoms with Crippen LogP contribution in [0.25, 0.3) is 22.6 Å². The molecule has 0 radical (unpaired) electrons. The molecule has 3 N–H and O–H groups in total. The summed E-state index contributed by atoms with van der Waals surface area (Å²) in [5.41, 5.74) is 8.85. The van der Waals surface area contributed by atoms with E-state index in [1.807, 2.05) is 24.3 Å². The standard InChI is InChI=1S/C29H27F3N6O2/c30-29(31,32)20-5-1-3-19(13-20)24-8-9-25-27(36-24)38(22-10-12-37(25)16-22)28(39)35-21-7-6-18(4-2-11-33)23(14-21)26-15-34-17-40-26/h1,3,5-9,13-15,17,22H,2,4,10-12,16,33H2,(H,35,39)/t22-/m0/s1. The van der Waals surface area contributed by atoms with Crippen molar-refractivity contribution in [3.63, 3.8) is 0 Å². The maximum absolute atomic E-state index is 13.8. The summed E-state index contributed by atoms with van der Waals surface area (Å²) in [6, 6.07) is 13.7. The number of hydrogen-bond donors (Lipinski definition) is 2. The fraction of sp³-hybridized carbons (Fsp3) is 0.276. The molecule has 2 aliphatic rings. The van der Waals surface area contributed by atoms with Crippen LogP contribution in [0.3, 0.4) is 0 Å². The first-order chi connectivity index (χ1) is 19.3. The van der Waals surface area contributed by atoms with Gasteiger partial charge in [-0.3, -0.25) is 4.90 Å². The quantitative estimate of drug-likeness (QED) is 0.309. The predicted molar refractivity (Wildman–Crippen MR) is 146 cm³/mol. The van der Waals surface area contributed by atoms with Gasteiger partial charge in [-0.1, -0.05) is 18.2 Å². The molecule has 6 rings (SSSR count). The number of nitrogens with zero attached hydrogens (tertiary/aromatic N) is 4. The molecule has 2 aromatic carbocycles. The smallest absolute Gasteiger partial charge is 0.416 e. The van der Waals surface area contributed by atoms with Crippen LogP contribution in [-0.4, -0.2) is 41.7 Å². The number of pyridine rings is 1. The van der Waals surface area contributed by atoms with E-state index >= 15 is 0 Å². The van der Waals surface area contributed by atoms with Gasteiger partial charge in [0.05, 0.1) is 29.2 Å². The average molecular weight is 549 g/mol. The third-order valence-corrected chi connectivity index (χ3v) is 7.37. The highest BCUT2D eigenvalue weighted by Gasteiger charge is 2.40. The third-order valence-electron chi connectivity index (χ3n) is 7.37. The van der Waals surface area contributed by atoms with Crippen molar-refractivity contribution in [3.05, 3.63) is 78.3 Å². The number of anilines is 3. The zero-order valence-electron chi connectivity index (χ0n) is 21.5. The second kappa shape index (κ2) is 10.3. The lowest BCUT2D eigenvalue weighted by Crippen LogP contribution is -2.48. The van der Waals surface area contributed by atoms with E-state index < -0.39 is 11.7 Å². The molecule has 0 saturated carbocycles. The third kappa shape index (κ3) is 4.88. The van der Waals surface area contributed by atoms with Gasteiger partial charge in [0.25, 0.3) is 0 Å². The zero-order valence-corrected chi connectivity index (χ0v) is 21.5. The number of aromatic nitrogens is 2. The molecule has 2 aromatic heterocycles. The number of carbonyl (C=O) groups excluding carboxylic acids is 1. The van der Waals surface area contributed by atoms with Crippen LogP contribution < -0.4 is 20.9 Å². The number of aryl methyl sites for hydroxylation is 1. The van der Waals surface area contributed by atoms with Crippen LogP contribution in [-0.2, 0) is 12.6 Å². The summed E-state index contributed by atoms with van der Waals surface area (Å²) < 4.78 is 45.6. The van der Waals surface area contributed by atoms with Gasteiger partial charge in [-0.25, -0.2) is 14.8 Å². The second-order valence-corrected chi connectivity index (χ2v) is 9.94. The molecular formula is C29H27F3N6O2. The van der Waals surface area contributed by atoms with Crippen LogP contribution in [0.4, 0.5) is 35.2 Å². The Kier molecular flexibility index (Phi) is 6.67. The number of benzene rings is 2. The summed E-state index contributed by atoms with van der Waals surface area (Å²) in [6.07, 6.45) is 0.822. The molecule has 2 amide bonds. The van der Waals surface area contributed by atoms with Gasteiger partial charge in [0.15, 0.2) is 18.0 Å². The number of oxazole rings is 1. The van der Waals surface area contributed by atoms with Crippen LogP contribution in [0.2, 0.25) is 0 Å². The minimum absolute atomic E-state index is 0.116. The highest BCUT2D eigenvalue weighted by atomic mass is 19.4. The van der Waals surface area contributed by atoms with E-state index in [4.69, 9.17) is 15.1 Å². The van der Waals surface area contributed by atoms with E-state index in [0.29, 0.717) is 41.6 Å². The Labute approximate surface area is 228 Å². The lowest BCUT2D eigenvalue weighted by molar-refractivity contribution is -0.137. The molecule has 1 saturated heterocycles. The van der Waals surface area contributed by atoms with Crippen molar-refractivity contribution in [3.8, 4) is 22.6 Å². The van der Waals surface area contributed by atoms with Crippen LogP contribution in [0.1, 0.15) is 24.0 Å². The molecule has 11 heteroatoms. The van der Waals surface area contributed by atoms with Gasteiger partial charge < -0.3 is 20.4 Å². The van der Waals surface area contributed by atoms with Gasteiger partial charge in [-0.05, 0) is 67.8 Å². The number of carbonyl (C=O) groups is 1. The predicted octanol–water partition coefficient (Wildman–Crippen LogP) is 5.94. The van der Waals surface area contributed by atoms with E-state index in [2.05, 4.69) is 15.2 Å². The largest absolute Gasteiger partial charge is 0.444 e. The summed E-state index contributed by atoms with van der Waals surface area (Å²) in [5, 5.41) is 3.00. The van der Waals surface area contributed by atoms with Gasteiger partial charge in [0.1, 0.15) is 0 Å². The van der Waals surface area contributed by atoms with E-state index in [0.717, 1.165) is 54.8 Å². The molecule has 0 aliphatic carbocycles. The van der Waals surface area contributed by atoms with Crippen molar-refractivity contribution in [1.82, 2.24) is 9.97 Å². The molecular weight excluding hydrogens is 521 g/mol. The fourth-order valence-corrected chi connectivity index (χ4v) is 5.41. The number of nitrogens with two attached hydrogens (primary N) is 1. The minimum Gasteiger partial charge on any atom is -0.444 e. The van der Waals surface area contributed by atoms with Gasteiger partial charge >= 0.3 is 12.2 Å². The monoisotopic (exact) mass is 548 g/mol. The first-order valence-electron chi connectivity index (χ1n) is 13.1. The number of urea groups is 1. The summed E-state index contributed by atoms with van der Waals surface area (Å²) >= 11 is 0. The van der Waals surface area contributed by atoms with Crippen LogP contribution >= 0.6 is 0 Å². The molecule has 1 atom stereocenters. The molecule has 1 fully saturated rings. The van der Waals surface area contributed by atoms with Crippen molar-refractivity contribution in [2.24, 2.45) is 5.73 Å². The van der Waals surface area contributed by atoms with Crippen molar-refractivity contribution in [1.29, 1.82) is 0 Å². The van der Waals surface area contributed by atoms with E-state index in [-0.39, 0.29) is 12.1 Å². The normalized spacial score (nSPS) is 16.2. The minimum atomic E-state index is -4.47. The van der Waals surface area contributed by atoms with E-state index in [9.17, 15) is 18.0 Å². The molecule has 206 valence electrons. The number of rotatable bonds is 6. The Balaban J connectivity index is 1.33. The van der Waals surface area contributed by atoms with Crippen LogP contribution in [0.5, 0.6) is 0 Å². The Morgan fingerprint density at radius 2 is 2.02 bits per heavy atom.